The van der Waals surface area contributed by atoms with Crippen molar-refractivity contribution in [1.82, 2.24) is 10.3 Å². The topological polar surface area (TPSA) is 62.2 Å². The van der Waals surface area contributed by atoms with E-state index in [1.54, 1.807) is 0 Å². The van der Waals surface area contributed by atoms with E-state index in [-0.39, 0.29) is 11.3 Å². The number of rotatable bonds is 4. The molecule has 0 saturated heterocycles. The van der Waals surface area contributed by atoms with Crippen molar-refractivity contribution in [2.24, 2.45) is 0 Å². The molecule has 2 aromatic rings. The summed E-state index contributed by atoms with van der Waals surface area (Å²) in [5.41, 5.74) is 0.252. The number of nitrogens with zero attached hydrogens (tertiary/aromatic N) is 1. The lowest BCUT2D eigenvalue weighted by atomic mass is 10.0. The number of nitrogens with one attached hydrogen (secondary N) is 1. The summed E-state index contributed by atoms with van der Waals surface area (Å²) in [5, 5.41) is 13.0. The number of carbonyl (C=O) groups excluding carboxylic acids is 1. The molecule has 1 aromatic carbocycles. The fourth-order valence-corrected chi connectivity index (χ4v) is 2.03. The minimum atomic E-state index is -1.20. The SMILES string of the molecule is CC(NC(=O)c1cc(Cl)ccn1)C(O)c1ccc(F)c(F)c1. The predicted molar refractivity (Wildman–Crippen MR) is 77.5 cm³/mol. The zero-order valence-corrected chi connectivity index (χ0v) is 12.3. The third-order valence-electron chi connectivity index (χ3n) is 3.07. The van der Waals surface area contributed by atoms with Crippen LogP contribution in [0, 0.1) is 11.6 Å². The molecule has 0 aliphatic rings. The first-order chi connectivity index (χ1) is 10.4. The number of pyridine rings is 1. The number of amides is 1. The Kier molecular flexibility index (Phi) is 5.05. The van der Waals surface area contributed by atoms with Gasteiger partial charge in [-0.3, -0.25) is 9.78 Å². The summed E-state index contributed by atoms with van der Waals surface area (Å²) in [6.07, 6.45) is 0.187. The van der Waals surface area contributed by atoms with Crippen molar-refractivity contribution in [2.75, 3.05) is 0 Å². The Labute approximate surface area is 130 Å². The van der Waals surface area contributed by atoms with E-state index < -0.39 is 29.7 Å². The van der Waals surface area contributed by atoms with Crippen molar-refractivity contribution in [2.45, 2.75) is 19.1 Å². The molecule has 116 valence electrons. The molecule has 1 aromatic heterocycles. The number of aliphatic hydroxyl groups is 1. The second kappa shape index (κ2) is 6.81. The van der Waals surface area contributed by atoms with Gasteiger partial charge in [-0.05, 0) is 36.8 Å². The molecule has 7 heteroatoms. The summed E-state index contributed by atoms with van der Waals surface area (Å²) in [7, 11) is 0. The Morgan fingerprint density at radius 2 is 2.00 bits per heavy atom. The van der Waals surface area contributed by atoms with Crippen molar-refractivity contribution >= 4 is 17.5 Å². The van der Waals surface area contributed by atoms with E-state index in [0.717, 1.165) is 12.1 Å². The summed E-state index contributed by atoms with van der Waals surface area (Å²) in [6.45, 7) is 1.54. The maximum Gasteiger partial charge on any atom is 0.270 e. The minimum absolute atomic E-state index is 0.0943. The molecule has 0 aliphatic carbocycles. The van der Waals surface area contributed by atoms with Crippen LogP contribution in [0.15, 0.2) is 36.5 Å². The van der Waals surface area contributed by atoms with Gasteiger partial charge in [-0.25, -0.2) is 8.78 Å². The Morgan fingerprint density at radius 1 is 1.27 bits per heavy atom. The number of benzene rings is 1. The average molecular weight is 327 g/mol. The van der Waals surface area contributed by atoms with Gasteiger partial charge in [0.15, 0.2) is 11.6 Å². The molecular weight excluding hydrogens is 314 g/mol. The molecule has 2 atom stereocenters. The smallest absolute Gasteiger partial charge is 0.270 e. The maximum atomic E-state index is 13.2. The second-order valence-corrected chi connectivity index (χ2v) is 5.18. The van der Waals surface area contributed by atoms with Gasteiger partial charge in [0, 0.05) is 11.2 Å². The number of hydrogen-bond donors (Lipinski definition) is 2. The monoisotopic (exact) mass is 326 g/mol. The molecule has 0 aliphatic heterocycles. The van der Waals surface area contributed by atoms with Crippen LogP contribution in [0.25, 0.3) is 0 Å². The van der Waals surface area contributed by atoms with E-state index in [2.05, 4.69) is 10.3 Å². The largest absolute Gasteiger partial charge is 0.386 e. The first-order valence-corrected chi connectivity index (χ1v) is 6.81. The van der Waals surface area contributed by atoms with Crippen molar-refractivity contribution in [3.05, 3.63) is 64.4 Å². The number of aromatic nitrogens is 1. The highest BCUT2D eigenvalue weighted by Gasteiger charge is 2.21. The number of carbonyl (C=O) groups is 1. The van der Waals surface area contributed by atoms with Crippen LogP contribution in [0.1, 0.15) is 29.1 Å². The lowest BCUT2D eigenvalue weighted by Gasteiger charge is -2.20. The molecule has 0 spiro atoms. The third-order valence-corrected chi connectivity index (χ3v) is 3.31. The highest BCUT2D eigenvalue weighted by atomic mass is 35.5. The summed E-state index contributed by atoms with van der Waals surface area (Å²) in [6, 6.07) is 5.23. The maximum absolute atomic E-state index is 13.2. The predicted octanol–water partition coefficient (Wildman–Crippen LogP) is 2.87. The summed E-state index contributed by atoms with van der Waals surface area (Å²) in [4.78, 5) is 15.8. The molecule has 0 saturated carbocycles. The van der Waals surface area contributed by atoms with Crippen LogP contribution in [0.5, 0.6) is 0 Å². The fraction of sp³-hybridized carbons (Fsp3) is 0.200. The van der Waals surface area contributed by atoms with Crippen LogP contribution in [0.2, 0.25) is 5.02 Å². The highest BCUT2D eigenvalue weighted by molar-refractivity contribution is 6.30. The van der Waals surface area contributed by atoms with Gasteiger partial charge in [-0.15, -0.1) is 0 Å². The Hall–Kier alpha value is -2.05. The molecule has 2 N–H and O–H groups in total. The lowest BCUT2D eigenvalue weighted by Crippen LogP contribution is -2.37. The van der Waals surface area contributed by atoms with E-state index in [1.165, 1.54) is 31.3 Å². The third kappa shape index (κ3) is 3.78. The van der Waals surface area contributed by atoms with Gasteiger partial charge in [0.25, 0.3) is 5.91 Å². The Morgan fingerprint density at radius 3 is 2.64 bits per heavy atom. The molecule has 0 fully saturated rings. The number of aliphatic hydroxyl groups excluding tert-OH is 1. The quantitative estimate of drug-likeness (QED) is 0.908. The van der Waals surface area contributed by atoms with E-state index in [4.69, 9.17) is 11.6 Å². The van der Waals surface area contributed by atoms with Gasteiger partial charge in [0.2, 0.25) is 0 Å². The summed E-state index contributed by atoms with van der Waals surface area (Å²) in [5.74, 6) is -2.60. The van der Waals surface area contributed by atoms with Gasteiger partial charge >= 0.3 is 0 Å². The van der Waals surface area contributed by atoms with Crippen LogP contribution in [-0.2, 0) is 0 Å². The summed E-state index contributed by atoms with van der Waals surface area (Å²) < 4.78 is 26.1. The summed E-state index contributed by atoms with van der Waals surface area (Å²) >= 11 is 5.77. The second-order valence-electron chi connectivity index (χ2n) is 4.74. The van der Waals surface area contributed by atoms with Crippen molar-refractivity contribution in [1.29, 1.82) is 0 Å². The standard InChI is InChI=1S/C15H13ClF2N2O2/c1-8(14(21)9-2-3-11(17)12(18)6-9)20-15(22)13-7-10(16)4-5-19-13/h2-8,14,21H,1H3,(H,20,22). The Bertz CT molecular complexity index is 697. The van der Waals surface area contributed by atoms with Crippen LogP contribution in [-0.4, -0.2) is 22.0 Å². The van der Waals surface area contributed by atoms with Crippen molar-refractivity contribution in [3.8, 4) is 0 Å². The van der Waals surface area contributed by atoms with Crippen LogP contribution in [0.3, 0.4) is 0 Å². The zero-order chi connectivity index (χ0) is 16.3. The van der Waals surface area contributed by atoms with E-state index in [9.17, 15) is 18.7 Å². The van der Waals surface area contributed by atoms with E-state index in [1.807, 2.05) is 0 Å². The van der Waals surface area contributed by atoms with Gasteiger partial charge in [-0.2, -0.15) is 0 Å². The minimum Gasteiger partial charge on any atom is -0.386 e. The lowest BCUT2D eigenvalue weighted by molar-refractivity contribution is 0.0846. The molecule has 4 nitrogen and oxygen atoms in total. The van der Waals surface area contributed by atoms with Gasteiger partial charge in [0.1, 0.15) is 5.69 Å². The fourth-order valence-electron chi connectivity index (χ4n) is 1.87. The molecule has 0 bridgehead atoms. The average Bonchev–Trinajstić information content (AvgIpc) is 2.49. The van der Waals surface area contributed by atoms with Crippen molar-refractivity contribution < 1.29 is 18.7 Å². The first-order valence-electron chi connectivity index (χ1n) is 6.44. The number of halogens is 3. The van der Waals surface area contributed by atoms with Gasteiger partial charge in [-0.1, -0.05) is 17.7 Å². The molecule has 2 rings (SSSR count). The van der Waals surface area contributed by atoms with Gasteiger partial charge in [0.05, 0.1) is 12.1 Å². The highest BCUT2D eigenvalue weighted by Crippen LogP contribution is 2.19. The first kappa shape index (κ1) is 16.3. The van der Waals surface area contributed by atoms with Crippen molar-refractivity contribution in [3.63, 3.8) is 0 Å². The normalized spacial score (nSPS) is 13.5. The van der Waals surface area contributed by atoms with Crippen LogP contribution in [0.4, 0.5) is 8.78 Å². The zero-order valence-electron chi connectivity index (χ0n) is 11.6. The molecule has 2 unspecified atom stereocenters. The molecule has 0 radical (unpaired) electrons. The van der Waals surface area contributed by atoms with Crippen LogP contribution >= 0.6 is 11.6 Å². The van der Waals surface area contributed by atoms with E-state index in [0.29, 0.717) is 5.02 Å². The molecular formula is C15H13ClF2N2O2. The number of hydrogen-bond acceptors (Lipinski definition) is 3. The van der Waals surface area contributed by atoms with E-state index >= 15 is 0 Å². The molecule has 1 amide bonds. The molecule has 1 heterocycles. The van der Waals surface area contributed by atoms with Crippen LogP contribution < -0.4 is 5.32 Å². The molecule has 22 heavy (non-hydrogen) atoms. The van der Waals surface area contributed by atoms with Gasteiger partial charge < -0.3 is 10.4 Å². The Balaban J connectivity index is 2.09.